The average Bonchev–Trinajstić information content (AvgIpc) is 2.78. The van der Waals surface area contributed by atoms with Gasteiger partial charge in [-0.05, 0) is 13.8 Å². The maximum absolute atomic E-state index is 5.47. The van der Waals surface area contributed by atoms with Crippen LogP contribution in [0.5, 0.6) is 0 Å². The lowest BCUT2D eigenvalue weighted by Crippen LogP contribution is -2.09. The van der Waals surface area contributed by atoms with Crippen molar-refractivity contribution >= 4 is 0 Å². The molecule has 3 heterocycles. The standard InChI is InChI=1S/C12H17N5O/c1-8-10(9(2)14-13-8)7-12-16-15-11-3-5-18-6-4-17(11)12/h3-7H2,1-2H3,(H,13,14). The molecule has 0 atom stereocenters. The van der Waals surface area contributed by atoms with Gasteiger partial charge < -0.3 is 9.30 Å². The number of nitrogens with one attached hydrogen (secondary N) is 1. The van der Waals surface area contributed by atoms with Crippen LogP contribution in [0.3, 0.4) is 0 Å². The van der Waals surface area contributed by atoms with E-state index < -0.39 is 0 Å². The highest BCUT2D eigenvalue weighted by atomic mass is 16.5. The summed E-state index contributed by atoms with van der Waals surface area (Å²) in [5, 5.41) is 15.8. The van der Waals surface area contributed by atoms with Crippen molar-refractivity contribution in [2.45, 2.75) is 33.2 Å². The van der Waals surface area contributed by atoms with Crippen molar-refractivity contribution in [2.75, 3.05) is 13.2 Å². The van der Waals surface area contributed by atoms with Gasteiger partial charge in [-0.15, -0.1) is 10.2 Å². The number of fused-ring (bicyclic) bond motifs is 1. The molecule has 0 radical (unpaired) electrons. The van der Waals surface area contributed by atoms with Crippen LogP contribution in [-0.4, -0.2) is 38.2 Å². The van der Waals surface area contributed by atoms with Gasteiger partial charge in [0, 0.05) is 30.6 Å². The van der Waals surface area contributed by atoms with Crippen LogP contribution in [0, 0.1) is 13.8 Å². The van der Waals surface area contributed by atoms with Crippen molar-refractivity contribution in [3.8, 4) is 0 Å². The lowest BCUT2D eigenvalue weighted by atomic mass is 10.1. The summed E-state index contributed by atoms with van der Waals surface area (Å²) in [5.41, 5.74) is 3.36. The number of nitrogens with zero attached hydrogens (tertiary/aromatic N) is 4. The SMILES string of the molecule is Cc1n[nH]c(C)c1Cc1nnc2n1CCOCC2. The van der Waals surface area contributed by atoms with Gasteiger partial charge >= 0.3 is 0 Å². The van der Waals surface area contributed by atoms with E-state index in [0.717, 1.165) is 55.6 Å². The van der Waals surface area contributed by atoms with Crippen molar-refractivity contribution in [2.24, 2.45) is 0 Å². The molecule has 1 aliphatic heterocycles. The first-order chi connectivity index (χ1) is 8.75. The van der Waals surface area contributed by atoms with Crippen LogP contribution in [0.15, 0.2) is 0 Å². The topological polar surface area (TPSA) is 68.6 Å². The second-order valence-corrected chi connectivity index (χ2v) is 4.64. The lowest BCUT2D eigenvalue weighted by molar-refractivity contribution is 0.139. The third kappa shape index (κ3) is 1.92. The van der Waals surface area contributed by atoms with E-state index >= 15 is 0 Å². The Hall–Kier alpha value is -1.69. The Labute approximate surface area is 105 Å². The molecule has 18 heavy (non-hydrogen) atoms. The predicted molar refractivity (Wildman–Crippen MR) is 65.4 cm³/mol. The van der Waals surface area contributed by atoms with E-state index in [1.165, 1.54) is 5.56 Å². The Bertz CT molecular complexity index is 537. The summed E-state index contributed by atoms with van der Waals surface area (Å²) in [6.45, 7) is 6.37. The quantitative estimate of drug-likeness (QED) is 0.851. The van der Waals surface area contributed by atoms with Crippen molar-refractivity contribution in [3.63, 3.8) is 0 Å². The molecule has 1 N–H and O–H groups in total. The number of aromatic amines is 1. The summed E-state index contributed by atoms with van der Waals surface area (Å²) >= 11 is 0. The number of aryl methyl sites for hydroxylation is 2. The molecule has 2 aromatic rings. The van der Waals surface area contributed by atoms with E-state index in [1.807, 2.05) is 13.8 Å². The van der Waals surface area contributed by atoms with Crippen molar-refractivity contribution in [1.29, 1.82) is 0 Å². The number of ether oxygens (including phenoxy) is 1. The molecule has 0 saturated heterocycles. The van der Waals surface area contributed by atoms with Gasteiger partial charge in [0.25, 0.3) is 0 Å². The smallest absolute Gasteiger partial charge is 0.137 e. The molecule has 0 aromatic carbocycles. The molecule has 2 aromatic heterocycles. The van der Waals surface area contributed by atoms with Crippen LogP contribution in [0.1, 0.15) is 28.6 Å². The molecule has 0 bridgehead atoms. The molecule has 6 heteroatoms. The minimum atomic E-state index is 0.737. The number of rotatable bonds is 2. The first kappa shape index (κ1) is 11.4. The second kappa shape index (κ2) is 4.53. The zero-order valence-corrected chi connectivity index (χ0v) is 10.7. The van der Waals surface area contributed by atoms with Crippen LogP contribution >= 0.6 is 0 Å². The molecule has 0 fully saturated rings. The van der Waals surface area contributed by atoms with Gasteiger partial charge in [-0.2, -0.15) is 5.10 Å². The van der Waals surface area contributed by atoms with E-state index in [0.29, 0.717) is 0 Å². The van der Waals surface area contributed by atoms with E-state index in [9.17, 15) is 0 Å². The Balaban J connectivity index is 1.92. The molecular weight excluding hydrogens is 230 g/mol. The molecule has 3 rings (SSSR count). The molecule has 96 valence electrons. The lowest BCUT2D eigenvalue weighted by Gasteiger charge is -2.06. The minimum absolute atomic E-state index is 0.737. The number of H-pyrrole nitrogens is 1. The van der Waals surface area contributed by atoms with Crippen LogP contribution < -0.4 is 0 Å². The van der Waals surface area contributed by atoms with Crippen LogP contribution in [-0.2, 0) is 24.1 Å². The zero-order chi connectivity index (χ0) is 12.5. The summed E-state index contributed by atoms with van der Waals surface area (Å²) in [6, 6.07) is 0. The number of aromatic nitrogens is 5. The van der Waals surface area contributed by atoms with Gasteiger partial charge in [0.05, 0.1) is 18.9 Å². The Morgan fingerprint density at radius 2 is 2.17 bits per heavy atom. The van der Waals surface area contributed by atoms with Gasteiger partial charge in [-0.25, -0.2) is 0 Å². The van der Waals surface area contributed by atoms with Gasteiger partial charge in [-0.1, -0.05) is 0 Å². The summed E-state index contributed by atoms with van der Waals surface area (Å²) in [4.78, 5) is 0. The normalized spacial score (nSPS) is 15.4. The first-order valence-corrected chi connectivity index (χ1v) is 6.25. The van der Waals surface area contributed by atoms with Crippen molar-refractivity contribution in [1.82, 2.24) is 25.0 Å². The van der Waals surface area contributed by atoms with Gasteiger partial charge in [-0.3, -0.25) is 5.10 Å². The monoisotopic (exact) mass is 247 g/mol. The average molecular weight is 247 g/mol. The molecule has 0 unspecified atom stereocenters. The third-order valence-electron chi connectivity index (χ3n) is 3.45. The highest BCUT2D eigenvalue weighted by Crippen LogP contribution is 2.16. The van der Waals surface area contributed by atoms with E-state index in [1.54, 1.807) is 0 Å². The third-order valence-corrected chi connectivity index (χ3v) is 3.45. The van der Waals surface area contributed by atoms with Crippen molar-refractivity contribution in [3.05, 3.63) is 28.6 Å². The highest BCUT2D eigenvalue weighted by Gasteiger charge is 2.17. The predicted octanol–water partition coefficient (Wildman–Crippen LogP) is 0.782. The second-order valence-electron chi connectivity index (χ2n) is 4.64. The van der Waals surface area contributed by atoms with Crippen LogP contribution in [0.25, 0.3) is 0 Å². The van der Waals surface area contributed by atoms with Crippen molar-refractivity contribution < 1.29 is 4.74 Å². The Morgan fingerprint density at radius 1 is 1.28 bits per heavy atom. The first-order valence-electron chi connectivity index (χ1n) is 6.25. The van der Waals surface area contributed by atoms with Gasteiger partial charge in [0.1, 0.15) is 11.6 Å². The Morgan fingerprint density at radius 3 is 2.94 bits per heavy atom. The fourth-order valence-electron chi connectivity index (χ4n) is 2.36. The van der Waals surface area contributed by atoms with Crippen LogP contribution in [0.2, 0.25) is 0 Å². The van der Waals surface area contributed by atoms with Gasteiger partial charge in [0.2, 0.25) is 0 Å². The summed E-state index contributed by atoms with van der Waals surface area (Å²) < 4.78 is 7.65. The molecule has 0 amide bonds. The summed E-state index contributed by atoms with van der Waals surface area (Å²) in [5.74, 6) is 2.03. The zero-order valence-electron chi connectivity index (χ0n) is 10.7. The molecule has 0 saturated carbocycles. The molecule has 6 nitrogen and oxygen atoms in total. The van der Waals surface area contributed by atoms with E-state index in [4.69, 9.17) is 4.74 Å². The molecule has 0 aliphatic carbocycles. The fourth-order valence-corrected chi connectivity index (χ4v) is 2.36. The summed E-state index contributed by atoms with van der Waals surface area (Å²) in [7, 11) is 0. The molecular formula is C12H17N5O. The van der Waals surface area contributed by atoms with E-state index in [-0.39, 0.29) is 0 Å². The summed E-state index contributed by atoms with van der Waals surface area (Å²) in [6.07, 6.45) is 1.62. The Kier molecular flexibility index (Phi) is 2.87. The van der Waals surface area contributed by atoms with E-state index in [2.05, 4.69) is 25.0 Å². The largest absolute Gasteiger partial charge is 0.379 e. The van der Waals surface area contributed by atoms with Crippen LogP contribution in [0.4, 0.5) is 0 Å². The fraction of sp³-hybridized carbons (Fsp3) is 0.583. The number of hydrogen-bond acceptors (Lipinski definition) is 4. The molecule has 1 aliphatic rings. The maximum atomic E-state index is 5.47. The minimum Gasteiger partial charge on any atom is -0.379 e. The van der Waals surface area contributed by atoms with Gasteiger partial charge in [0.15, 0.2) is 0 Å². The number of hydrogen-bond donors (Lipinski definition) is 1. The molecule has 0 spiro atoms. The maximum Gasteiger partial charge on any atom is 0.137 e. The highest BCUT2D eigenvalue weighted by molar-refractivity contribution is 5.26.